The fraction of sp³-hybridized carbons (Fsp3) is 0.400. The van der Waals surface area contributed by atoms with Crippen LogP contribution in [0.5, 0.6) is 0 Å². The maximum Gasteiger partial charge on any atom is 0.270 e. The topological polar surface area (TPSA) is 90.7 Å². The molecule has 4 aliphatic rings. The number of non-ortho nitro benzene ring substituents is 1. The van der Waals surface area contributed by atoms with E-state index in [-0.39, 0.29) is 16.0 Å². The highest BCUT2D eigenvalue weighted by molar-refractivity contribution is 6.06. The predicted molar refractivity (Wildman–Crippen MR) is 108 cm³/mol. The second-order valence-electron chi connectivity index (χ2n) is 8.14. The quantitative estimate of drug-likeness (QED) is 0.438. The Morgan fingerprint density at radius 3 is 2.41 bits per heavy atom. The Morgan fingerprint density at radius 2 is 1.83 bits per heavy atom. The molecule has 29 heavy (non-hydrogen) atoms. The largest absolute Gasteiger partial charge is 0.460 e. The van der Waals surface area contributed by atoms with Gasteiger partial charge in [0.15, 0.2) is 0 Å². The van der Waals surface area contributed by atoms with Crippen LogP contribution in [0.25, 0.3) is 0 Å². The van der Waals surface area contributed by atoms with Crippen molar-refractivity contribution in [2.24, 2.45) is 15.6 Å². The van der Waals surface area contributed by atoms with Crippen molar-refractivity contribution in [3.8, 4) is 0 Å². The number of hydrogen-bond donors (Lipinski definition) is 0. The molecule has 0 atom stereocenters. The van der Waals surface area contributed by atoms with Crippen LogP contribution in [0.3, 0.4) is 0 Å². The Hall–Kier alpha value is -2.88. The van der Waals surface area contributed by atoms with Gasteiger partial charge in [0.05, 0.1) is 42.3 Å². The monoisotopic (exact) mass is 394 g/mol. The summed E-state index contributed by atoms with van der Waals surface area (Å²) in [5.41, 5.74) is 1.37. The highest BCUT2D eigenvalue weighted by Gasteiger charge is 2.52. The Labute approximate surface area is 168 Å². The van der Waals surface area contributed by atoms with Crippen molar-refractivity contribution >= 4 is 17.6 Å². The fourth-order valence-electron chi connectivity index (χ4n) is 4.84. The first-order chi connectivity index (χ1) is 14.0. The van der Waals surface area contributed by atoms with Gasteiger partial charge >= 0.3 is 0 Å². The molecule has 4 bridgehead atoms. The highest BCUT2D eigenvalue weighted by Crippen LogP contribution is 2.39. The third-order valence-electron chi connectivity index (χ3n) is 5.72. The lowest BCUT2D eigenvalue weighted by Gasteiger charge is -2.60. The molecule has 1 aromatic heterocycles. The molecule has 9 nitrogen and oxygen atoms in total. The molecular weight excluding hydrogens is 372 g/mol. The molecule has 4 fully saturated rings. The van der Waals surface area contributed by atoms with Crippen LogP contribution in [-0.2, 0) is 0 Å². The summed E-state index contributed by atoms with van der Waals surface area (Å²) in [5.74, 6) is 1.44. The van der Waals surface area contributed by atoms with E-state index in [1.807, 2.05) is 25.1 Å². The van der Waals surface area contributed by atoms with Crippen molar-refractivity contribution in [3.05, 3.63) is 63.6 Å². The summed E-state index contributed by atoms with van der Waals surface area (Å²) >= 11 is 0. The van der Waals surface area contributed by atoms with Crippen molar-refractivity contribution in [3.63, 3.8) is 0 Å². The zero-order chi connectivity index (χ0) is 20.0. The van der Waals surface area contributed by atoms with Crippen molar-refractivity contribution in [1.82, 2.24) is 14.7 Å². The molecule has 4 saturated heterocycles. The van der Waals surface area contributed by atoms with E-state index in [0.717, 1.165) is 56.7 Å². The van der Waals surface area contributed by atoms with Crippen LogP contribution in [0.1, 0.15) is 17.1 Å². The summed E-state index contributed by atoms with van der Waals surface area (Å²) in [4.78, 5) is 18.1. The standard InChI is InChI=1S/C20H22N6O3/c1-15-5-6-18(29-15)8-21-22-19(16-3-2-4-17(7-16)26(27)28)20-9-23-12-24(10-20)14-25(11-20)13-23/h2-8H,9-14H2,1H3/b21-8+,22-19-. The van der Waals surface area contributed by atoms with Crippen molar-refractivity contribution < 1.29 is 9.34 Å². The number of rotatable bonds is 5. The average Bonchev–Trinajstić information content (AvgIpc) is 3.09. The molecule has 5 heterocycles. The molecule has 150 valence electrons. The number of hydrogen-bond acceptors (Lipinski definition) is 8. The van der Waals surface area contributed by atoms with Gasteiger partial charge in [-0.3, -0.25) is 24.8 Å². The molecule has 0 radical (unpaired) electrons. The molecule has 1 aromatic carbocycles. The third-order valence-corrected chi connectivity index (χ3v) is 5.72. The van der Waals surface area contributed by atoms with E-state index in [9.17, 15) is 10.1 Å². The van der Waals surface area contributed by atoms with Gasteiger partial charge in [0, 0.05) is 37.3 Å². The summed E-state index contributed by atoms with van der Waals surface area (Å²) in [7, 11) is 0. The van der Waals surface area contributed by atoms with Crippen molar-refractivity contribution in [1.29, 1.82) is 0 Å². The molecule has 0 N–H and O–H groups in total. The fourth-order valence-corrected chi connectivity index (χ4v) is 4.84. The first-order valence-corrected chi connectivity index (χ1v) is 9.61. The van der Waals surface area contributed by atoms with Gasteiger partial charge in [0.1, 0.15) is 11.5 Å². The van der Waals surface area contributed by atoms with E-state index >= 15 is 0 Å². The minimum atomic E-state index is -0.369. The molecule has 9 heteroatoms. The average molecular weight is 394 g/mol. The lowest BCUT2D eigenvalue weighted by Crippen LogP contribution is -2.74. The predicted octanol–water partition coefficient (Wildman–Crippen LogP) is 2.13. The van der Waals surface area contributed by atoms with Crippen LogP contribution in [0.2, 0.25) is 0 Å². The zero-order valence-corrected chi connectivity index (χ0v) is 16.2. The molecule has 0 unspecified atom stereocenters. The smallest absolute Gasteiger partial charge is 0.270 e. The number of nitro benzene ring substituents is 1. The van der Waals surface area contributed by atoms with Gasteiger partial charge in [0.2, 0.25) is 0 Å². The number of furan rings is 1. The maximum atomic E-state index is 11.3. The van der Waals surface area contributed by atoms with Gasteiger partial charge < -0.3 is 4.42 Å². The van der Waals surface area contributed by atoms with Crippen LogP contribution in [-0.4, -0.2) is 71.2 Å². The summed E-state index contributed by atoms with van der Waals surface area (Å²) in [5, 5.41) is 20.2. The number of aryl methyl sites for hydroxylation is 1. The van der Waals surface area contributed by atoms with Crippen molar-refractivity contribution in [2.45, 2.75) is 6.92 Å². The van der Waals surface area contributed by atoms with E-state index in [1.54, 1.807) is 18.3 Å². The van der Waals surface area contributed by atoms with Crippen LogP contribution >= 0.6 is 0 Å². The second kappa shape index (κ2) is 6.87. The van der Waals surface area contributed by atoms with Crippen LogP contribution in [0.4, 0.5) is 5.69 Å². The van der Waals surface area contributed by atoms with Gasteiger partial charge in [-0.25, -0.2) is 0 Å². The Kier molecular flexibility index (Phi) is 4.30. The van der Waals surface area contributed by atoms with Gasteiger partial charge in [0.25, 0.3) is 5.69 Å². The Morgan fingerprint density at radius 1 is 1.14 bits per heavy atom. The first-order valence-electron chi connectivity index (χ1n) is 9.61. The number of nitro groups is 1. The third kappa shape index (κ3) is 3.37. The molecule has 0 saturated carbocycles. The molecule has 0 spiro atoms. The van der Waals surface area contributed by atoms with E-state index in [0.29, 0.717) is 5.76 Å². The minimum Gasteiger partial charge on any atom is -0.460 e. The molecule has 4 aliphatic heterocycles. The molecule has 0 aliphatic carbocycles. The highest BCUT2D eigenvalue weighted by atomic mass is 16.6. The normalized spacial score (nSPS) is 30.9. The summed E-state index contributed by atoms with van der Waals surface area (Å²) in [6.45, 7) is 7.35. The van der Waals surface area contributed by atoms with Gasteiger partial charge in [-0.1, -0.05) is 12.1 Å². The van der Waals surface area contributed by atoms with Crippen LogP contribution in [0.15, 0.2) is 51.0 Å². The molecular formula is C20H22N6O3. The first kappa shape index (κ1) is 18.2. The van der Waals surface area contributed by atoms with Gasteiger partial charge in [-0.2, -0.15) is 10.2 Å². The summed E-state index contributed by atoms with van der Waals surface area (Å²) in [6, 6.07) is 10.4. The second-order valence-corrected chi connectivity index (χ2v) is 8.14. The van der Waals surface area contributed by atoms with Gasteiger partial charge in [-0.15, -0.1) is 0 Å². The Bertz CT molecular complexity index is 976. The van der Waals surface area contributed by atoms with E-state index in [4.69, 9.17) is 4.42 Å². The molecule has 6 rings (SSSR count). The van der Waals surface area contributed by atoms with Crippen molar-refractivity contribution in [2.75, 3.05) is 39.6 Å². The van der Waals surface area contributed by atoms with Gasteiger partial charge in [-0.05, 0) is 19.1 Å². The molecule has 2 aromatic rings. The Balaban J connectivity index is 1.56. The lowest BCUT2D eigenvalue weighted by atomic mass is 9.74. The summed E-state index contributed by atoms with van der Waals surface area (Å²) in [6.07, 6.45) is 1.59. The van der Waals surface area contributed by atoms with Crippen LogP contribution < -0.4 is 0 Å². The molecule has 0 amide bonds. The SMILES string of the molecule is Cc1ccc(/C=N/N=C(/c2cccc([N+](=O)[O-])c2)C23CN4CN(CN(C4)C2)C3)o1. The zero-order valence-electron chi connectivity index (χ0n) is 16.2. The lowest BCUT2D eigenvalue weighted by molar-refractivity contribution is -0.384. The number of nitrogens with zero attached hydrogens (tertiary/aromatic N) is 6. The number of benzene rings is 1. The van der Waals surface area contributed by atoms with E-state index < -0.39 is 0 Å². The maximum absolute atomic E-state index is 11.3. The van der Waals surface area contributed by atoms with E-state index in [2.05, 4.69) is 24.9 Å². The minimum absolute atomic E-state index is 0.0616. The van der Waals surface area contributed by atoms with Crippen LogP contribution in [0, 0.1) is 22.5 Å². The summed E-state index contributed by atoms with van der Waals surface area (Å²) < 4.78 is 5.54. The van der Waals surface area contributed by atoms with E-state index in [1.165, 1.54) is 6.07 Å².